The van der Waals surface area contributed by atoms with Crippen molar-refractivity contribution < 1.29 is 19.8 Å². The first-order chi connectivity index (χ1) is 9.31. The highest BCUT2D eigenvalue weighted by atomic mass is 127. The molecule has 110 valence electrons. The van der Waals surface area contributed by atoms with Crippen LogP contribution in [0.4, 0.5) is 0 Å². The van der Waals surface area contributed by atoms with Crippen molar-refractivity contribution in [2.45, 2.75) is 20.3 Å². The quantitative estimate of drug-likeness (QED) is 0.651. The van der Waals surface area contributed by atoms with Crippen LogP contribution in [0.15, 0.2) is 18.2 Å². The lowest BCUT2D eigenvalue weighted by Crippen LogP contribution is -2.33. The number of carbonyl (C=O) groups is 2. The summed E-state index contributed by atoms with van der Waals surface area (Å²) in [5.74, 6) is -1.89. The maximum absolute atomic E-state index is 12.0. The minimum absolute atomic E-state index is 0.0528. The average molecular weight is 391 g/mol. The summed E-state index contributed by atoms with van der Waals surface area (Å²) in [4.78, 5) is 23.1. The van der Waals surface area contributed by atoms with E-state index in [0.29, 0.717) is 6.42 Å². The topological polar surface area (TPSA) is 86.6 Å². The van der Waals surface area contributed by atoms with E-state index in [2.05, 4.69) is 5.32 Å². The number of phenols is 1. The molecule has 1 amide bonds. The Morgan fingerprint density at radius 1 is 1.35 bits per heavy atom. The molecule has 0 bridgehead atoms. The van der Waals surface area contributed by atoms with Crippen LogP contribution in [0.1, 0.15) is 30.6 Å². The van der Waals surface area contributed by atoms with Gasteiger partial charge in [0, 0.05) is 10.1 Å². The van der Waals surface area contributed by atoms with Crippen LogP contribution in [0.5, 0.6) is 5.75 Å². The monoisotopic (exact) mass is 391 g/mol. The molecule has 6 heteroatoms. The standard InChI is InChI=1S/C14H18INO4/c1-8(2)5-9(14(19)20)7-16-13(18)11-6-10(15)3-4-12(11)17/h3-4,6,8-9,17H,5,7H2,1-2H3,(H,16,18)(H,19,20). The van der Waals surface area contributed by atoms with Crippen LogP contribution in [-0.4, -0.2) is 28.6 Å². The number of carbonyl (C=O) groups excluding carboxylic acids is 1. The van der Waals surface area contributed by atoms with Crippen molar-refractivity contribution in [3.05, 3.63) is 27.3 Å². The smallest absolute Gasteiger partial charge is 0.308 e. The highest BCUT2D eigenvalue weighted by Gasteiger charge is 2.20. The number of halogens is 1. The lowest BCUT2D eigenvalue weighted by molar-refractivity contribution is -0.142. The summed E-state index contributed by atoms with van der Waals surface area (Å²) in [6.07, 6.45) is 0.494. The Hall–Kier alpha value is -1.31. The molecule has 1 rings (SSSR count). The third kappa shape index (κ3) is 4.99. The Labute approximate surface area is 131 Å². The number of benzene rings is 1. The van der Waals surface area contributed by atoms with Crippen LogP contribution in [0, 0.1) is 15.4 Å². The molecular weight excluding hydrogens is 373 g/mol. The van der Waals surface area contributed by atoms with Crippen LogP contribution in [0.3, 0.4) is 0 Å². The maximum Gasteiger partial charge on any atom is 0.308 e. The molecule has 0 spiro atoms. The highest BCUT2D eigenvalue weighted by molar-refractivity contribution is 14.1. The van der Waals surface area contributed by atoms with Crippen LogP contribution in [0.25, 0.3) is 0 Å². The van der Waals surface area contributed by atoms with Crippen LogP contribution < -0.4 is 5.32 Å². The number of hydrogen-bond acceptors (Lipinski definition) is 3. The van der Waals surface area contributed by atoms with Gasteiger partial charge in [-0.1, -0.05) is 13.8 Å². The zero-order chi connectivity index (χ0) is 15.3. The summed E-state index contributed by atoms with van der Waals surface area (Å²) < 4.78 is 0.822. The van der Waals surface area contributed by atoms with Crippen molar-refractivity contribution in [1.29, 1.82) is 0 Å². The molecule has 0 aliphatic carbocycles. The molecule has 0 aliphatic heterocycles. The molecule has 0 fully saturated rings. The molecule has 1 aromatic rings. The van der Waals surface area contributed by atoms with E-state index in [4.69, 9.17) is 5.11 Å². The minimum atomic E-state index is -0.925. The van der Waals surface area contributed by atoms with E-state index in [-0.39, 0.29) is 23.8 Å². The van der Waals surface area contributed by atoms with Crippen molar-refractivity contribution in [2.24, 2.45) is 11.8 Å². The van der Waals surface area contributed by atoms with Gasteiger partial charge in [0.05, 0.1) is 11.5 Å². The molecule has 1 unspecified atom stereocenters. The number of aromatic hydroxyl groups is 1. The van der Waals surface area contributed by atoms with Gasteiger partial charge >= 0.3 is 5.97 Å². The van der Waals surface area contributed by atoms with E-state index in [1.807, 2.05) is 36.4 Å². The van der Waals surface area contributed by atoms with Gasteiger partial charge in [-0.25, -0.2) is 0 Å². The number of hydrogen-bond donors (Lipinski definition) is 3. The largest absolute Gasteiger partial charge is 0.507 e. The second-order valence-corrected chi connectivity index (χ2v) is 6.28. The Bertz CT molecular complexity index is 502. The van der Waals surface area contributed by atoms with E-state index in [0.717, 1.165) is 3.57 Å². The Morgan fingerprint density at radius 3 is 2.55 bits per heavy atom. The van der Waals surface area contributed by atoms with Gasteiger partial charge in [-0.3, -0.25) is 9.59 Å². The van der Waals surface area contributed by atoms with Crippen molar-refractivity contribution in [1.82, 2.24) is 5.32 Å². The molecule has 3 N–H and O–H groups in total. The molecule has 20 heavy (non-hydrogen) atoms. The number of phenolic OH excluding ortho intramolecular Hbond substituents is 1. The lowest BCUT2D eigenvalue weighted by Gasteiger charge is -2.15. The zero-order valence-electron chi connectivity index (χ0n) is 11.4. The van der Waals surface area contributed by atoms with Gasteiger partial charge in [0.25, 0.3) is 5.91 Å². The van der Waals surface area contributed by atoms with Crippen molar-refractivity contribution in [3.8, 4) is 5.75 Å². The van der Waals surface area contributed by atoms with Gasteiger partial charge in [0.2, 0.25) is 0 Å². The van der Waals surface area contributed by atoms with Gasteiger partial charge in [0.15, 0.2) is 0 Å². The lowest BCUT2D eigenvalue weighted by atomic mass is 9.97. The fourth-order valence-corrected chi connectivity index (χ4v) is 2.33. The van der Waals surface area contributed by atoms with Gasteiger partial charge in [-0.05, 0) is 53.1 Å². The third-order valence-corrected chi connectivity index (χ3v) is 3.49. The molecular formula is C14H18INO4. The SMILES string of the molecule is CC(C)CC(CNC(=O)c1cc(I)ccc1O)C(=O)O. The predicted octanol–water partition coefficient (Wildman–Crippen LogP) is 2.47. The first-order valence-corrected chi connectivity index (χ1v) is 7.38. The molecule has 0 aliphatic rings. The van der Waals surface area contributed by atoms with Crippen LogP contribution >= 0.6 is 22.6 Å². The molecule has 0 heterocycles. The molecule has 0 radical (unpaired) electrons. The van der Waals surface area contributed by atoms with Gasteiger partial charge in [-0.2, -0.15) is 0 Å². The first-order valence-electron chi connectivity index (χ1n) is 6.30. The Balaban J connectivity index is 2.70. The van der Waals surface area contributed by atoms with Gasteiger partial charge in [-0.15, -0.1) is 0 Å². The Morgan fingerprint density at radius 2 is 2.00 bits per heavy atom. The maximum atomic E-state index is 12.0. The van der Waals surface area contributed by atoms with Crippen molar-refractivity contribution in [3.63, 3.8) is 0 Å². The minimum Gasteiger partial charge on any atom is -0.507 e. The van der Waals surface area contributed by atoms with Gasteiger partial charge < -0.3 is 15.5 Å². The summed E-state index contributed by atoms with van der Waals surface area (Å²) in [6, 6.07) is 4.69. The number of carboxylic acid groups (broad SMARTS) is 1. The molecule has 1 aromatic carbocycles. The number of nitrogens with one attached hydrogen (secondary N) is 1. The second kappa shape index (κ2) is 7.47. The number of rotatable bonds is 6. The van der Waals surface area contributed by atoms with E-state index in [1.165, 1.54) is 6.07 Å². The van der Waals surface area contributed by atoms with Crippen LogP contribution in [-0.2, 0) is 4.79 Å². The molecule has 1 atom stereocenters. The summed E-state index contributed by atoms with van der Waals surface area (Å²) in [5, 5.41) is 21.3. The molecule has 0 aromatic heterocycles. The van der Waals surface area contributed by atoms with Crippen molar-refractivity contribution in [2.75, 3.05) is 6.54 Å². The van der Waals surface area contributed by atoms with E-state index in [1.54, 1.807) is 12.1 Å². The summed E-state index contributed by atoms with van der Waals surface area (Å²) >= 11 is 2.04. The Kier molecular flexibility index (Phi) is 6.25. The third-order valence-electron chi connectivity index (χ3n) is 2.82. The molecule has 0 saturated heterocycles. The van der Waals surface area contributed by atoms with Crippen molar-refractivity contribution >= 4 is 34.5 Å². The number of aliphatic carboxylic acids is 1. The number of amides is 1. The predicted molar refractivity (Wildman–Crippen MR) is 83.7 cm³/mol. The summed E-state index contributed by atoms with van der Waals surface area (Å²) in [7, 11) is 0. The normalized spacial score (nSPS) is 12.2. The number of carboxylic acids is 1. The zero-order valence-corrected chi connectivity index (χ0v) is 13.5. The first kappa shape index (κ1) is 16.7. The van der Waals surface area contributed by atoms with E-state index >= 15 is 0 Å². The average Bonchev–Trinajstić information content (AvgIpc) is 2.36. The second-order valence-electron chi connectivity index (χ2n) is 5.04. The fourth-order valence-electron chi connectivity index (χ4n) is 1.84. The van der Waals surface area contributed by atoms with E-state index < -0.39 is 17.8 Å². The molecule has 5 nitrogen and oxygen atoms in total. The van der Waals surface area contributed by atoms with Crippen LogP contribution in [0.2, 0.25) is 0 Å². The molecule has 0 saturated carbocycles. The fraction of sp³-hybridized carbons (Fsp3) is 0.429. The van der Waals surface area contributed by atoms with E-state index in [9.17, 15) is 14.7 Å². The summed E-state index contributed by atoms with van der Waals surface area (Å²) in [6.45, 7) is 3.92. The van der Waals surface area contributed by atoms with Gasteiger partial charge in [0.1, 0.15) is 5.75 Å². The highest BCUT2D eigenvalue weighted by Crippen LogP contribution is 2.19. The summed E-state index contributed by atoms with van der Waals surface area (Å²) in [5.41, 5.74) is 0.158.